The van der Waals surface area contributed by atoms with Gasteiger partial charge in [0, 0.05) is 42.4 Å². The fourth-order valence-corrected chi connectivity index (χ4v) is 6.19. The molecule has 5 aliphatic rings. The lowest BCUT2D eigenvalue weighted by Crippen LogP contribution is -2.54. The van der Waals surface area contributed by atoms with E-state index >= 15 is 0 Å². The molecule has 0 radical (unpaired) electrons. The SMILES string of the molecule is CCCC[C@]12O[C@@H]3O[C@H]4O[C@@](CCCC)(O1)C1C2C3C4[C@H]1C=O. The molecule has 9 atom stereocenters. The summed E-state index contributed by atoms with van der Waals surface area (Å²) in [6.07, 6.45) is 6.56. The lowest BCUT2D eigenvalue weighted by atomic mass is 9.77. The van der Waals surface area contributed by atoms with E-state index in [1.807, 2.05) is 0 Å². The van der Waals surface area contributed by atoms with Crippen LogP contribution in [0, 0.1) is 29.6 Å². The standard InChI is InChI=1S/C18H26O5/c1-3-5-7-17-13-10(9-19)11-12-14(13)18(23-17,8-6-4-2)22-16(12)20-15(11)21-17/h9-16H,3-8H2,1-2H3/t10-,11?,12?,13?,14?,15+,16+,17+,18+/m1/s1. The molecule has 128 valence electrons. The van der Waals surface area contributed by atoms with E-state index in [0.717, 1.165) is 44.8 Å². The molecule has 4 saturated heterocycles. The quantitative estimate of drug-likeness (QED) is 0.675. The molecule has 4 unspecified atom stereocenters. The Labute approximate surface area is 137 Å². The number of unbranched alkanes of at least 4 members (excludes halogenated alkanes) is 2. The van der Waals surface area contributed by atoms with Crippen molar-refractivity contribution in [2.45, 2.75) is 76.5 Å². The lowest BCUT2D eigenvalue weighted by Gasteiger charge is -2.45. The Morgan fingerprint density at radius 1 is 0.913 bits per heavy atom. The molecule has 4 heterocycles. The van der Waals surface area contributed by atoms with Crippen LogP contribution in [0.25, 0.3) is 0 Å². The molecule has 0 aromatic heterocycles. The topological polar surface area (TPSA) is 54.0 Å². The van der Waals surface area contributed by atoms with Crippen molar-refractivity contribution in [2.75, 3.05) is 0 Å². The van der Waals surface area contributed by atoms with Crippen molar-refractivity contribution < 1.29 is 23.7 Å². The molecule has 5 fully saturated rings. The van der Waals surface area contributed by atoms with Crippen molar-refractivity contribution in [1.82, 2.24) is 0 Å². The zero-order chi connectivity index (χ0) is 15.8. The summed E-state index contributed by atoms with van der Waals surface area (Å²) in [7, 11) is 0. The van der Waals surface area contributed by atoms with Gasteiger partial charge in [0.15, 0.2) is 24.2 Å². The van der Waals surface area contributed by atoms with Crippen molar-refractivity contribution in [3.8, 4) is 0 Å². The average molecular weight is 322 g/mol. The Bertz CT molecular complexity index is 524. The summed E-state index contributed by atoms with van der Waals surface area (Å²) in [4.78, 5) is 11.9. The number of hydrogen-bond donors (Lipinski definition) is 0. The molecular formula is C18H26O5. The summed E-state index contributed by atoms with van der Waals surface area (Å²) >= 11 is 0. The first-order valence-electron chi connectivity index (χ1n) is 9.36. The van der Waals surface area contributed by atoms with E-state index in [0.29, 0.717) is 0 Å². The number of carbonyl (C=O) groups excluding carboxylic acids is 1. The van der Waals surface area contributed by atoms with Gasteiger partial charge >= 0.3 is 0 Å². The maximum absolute atomic E-state index is 11.9. The van der Waals surface area contributed by atoms with Crippen LogP contribution in [0.15, 0.2) is 0 Å². The van der Waals surface area contributed by atoms with E-state index in [1.54, 1.807) is 0 Å². The zero-order valence-electron chi connectivity index (χ0n) is 13.9. The zero-order valence-corrected chi connectivity index (χ0v) is 13.9. The fraction of sp³-hybridized carbons (Fsp3) is 0.944. The molecule has 5 rings (SSSR count). The summed E-state index contributed by atoms with van der Waals surface area (Å²) in [5.41, 5.74) is 0. The maximum atomic E-state index is 11.9. The maximum Gasteiger partial charge on any atom is 0.178 e. The summed E-state index contributed by atoms with van der Waals surface area (Å²) in [6.45, 7) is 4.36. The Hall–Kier alpha value is -0.490. The van der Waals surface area contributed by atoms with Crippen LogP contribution in [0.2, 0.25) is 0 Å². The van der Waals surface area contributed by atoms with Crippen molar-refractivity contribution in [3.05, 3.63) is 0 Å². The van der Waals surface area contributed by atoms with Crippen LogP contribution < -0.4 is 0 Å². The molecular weight excluding hydrogens is 296 g/mol. The van der Waals surface area contributed by atoms with Crippen LogP contribution in [-0.4, -0.2) is 30.4 Å². The summed E-state index contributed by atoms with van der Waals surface area (Å²) in [5.74, 6) is -0.449. The molecule has 23 heavy (non-hydrogen) atoms. The van der Waals surface area contributed by atoms with Gasteiger partial charge in [-0.05, 0) is 12.8 Å². The molecule has 0 amide bonds. The van der Waals surface area contributed by atoms with Gasteiger partial charge in [-0.25, -0.2) is 0 Å². The minimum atomic E-state index is -0.679. The first kappa shape index (κ1) is 14.8. The molecule has 0 spiro atoms. The first-order chi connectivity index (χ1) is 11.2. The number of aldehydes is 1. The van der Waals surface area contributed by atoms with Crippen LogP contribution in [0.4, 0.5) is 0 Å². The molecule has 2 bridgehead atoms. The van der Waals surface area contributed by atoms with Gasteiger partial charge in [0.25, 0.3) is 0 Å². The highest BCUT2D eigenvalue weighted by Crippen LogP contribution is 2.74. The Kier molecular flexibility index (Phi) is 3.08. The summed E-state index contributed by atoms with van der Waals surface area (Å²) in [6, 6.07) is 0. The lowest BCUT2D eigenvalue weighted by molar-refractivity contribution is -0.428. The summed E-state index contributed by atoms with van der Waals surface area (Å²) in [5, 5.41) is 0. The largest absolute Gasteiger partial charge is 0.323 e. The van der Waals surface area contributed by atoms with E-state index in [9.17, 15) is 4.79 Å². The molecule has 1 saturated carbocycles. The van der Waals surface area contributed by atoms with Crippen LogP contribution in [-0.2, 0) is 23.7 Å². The highest BCUT2D eigenvalue weighted by atomic mass is 16.9. The van der Waals surface area contributed by atoms with Crippen LogP contribution >= 0.6 is 0 Å². The van der Waals surface area contributed by atoms with Gasteiger partial charge < -0.3 is 23.7 Å². The van der Waals surface area contributed by atoms with Crippen molar-refractivity contribution in [3.63, 3.8) is 0 Å². The molecule has 0 N–H and O–H groups in total. The molecule has 4 aliphatic heterocycles. The smallest absolute Gasteiger partial charge is 0.178 e. The van der Waals surface area contributed by atoms with Crippen LogP contribution in [0.3, 0.4) is 0 Å². The molecule has 0 aromatic carbocycles. The first-order valence-corrected chi connectivity index (χ1v) is 9.36. The number of hydrogen-bond acceptors (Lipinski definition) is 5. The van der Waals surface area contributed by atoms with Gasteiger partial charge in [0.05, 0.1) is 0 Å². The van der Waals surface area contributed by atoms with Crippen molar-refractivity contribution >= 4 is 6.29 Å². The highest BCUT2D eigenvalue weighted by molar-refractivity contribution is 5.58. The van der Waals surface area contributed by atoms with Gasteiger partial charge in [-0.2, -0.15) is 0 Å². The number of carbonyl (C=O) groups is 1. The number of ether oxygens (including phenoxy) is 4. The molecule has 1 aliphatic carbocycles. The minimum Gasteiger partial charge on any atom is -0.323 e. The normalized spacial score (nSPS) is 57.6. The van der Waals surface area contributed by atoms with Crippen molar-refractivity contribution in [2.24, 2.45) is 29.6 Å². The van der Waals surface area contributed by atoms with Gasteiger partial charge in [-0.15, -0.1) is 0 Å². The minimum absolute atomic E-state index is 0.00184. The summed E-state index contributed by atoms with van der Waals surface area (Å²) < 4.78 is 25.5. The second-order valence-electron chi connectivity index (χ2n) is 7.96. The second-order valence-corrected chi connectivity index (χ2v) is 7.96. The van der Waals surface area contributed by atoms with Gasteiger partial charge in [0.1, 0.15) is 6.29 Å². The third-order valence-corrected chi connectivity index (χ3v) is 6.91. The van der Waals surface area contributed by atoms with E-state index in [-0.39, 0.29) is 42.2 Å². The third-order valence-electron chi connectivity index (χ3n) is 6.91. The van der Waals surface area contributed by atoms with Gasteiger partial charge in [-0.3, -0.25) is 0 Å². The Morgan fingerprint density at radius 3 is 2.13 bits per heavy atom. The van der Waals surface area contributed by atoms with Crippen molar-refractivity contribution in [1.29, 1.82) is 0 Å². The van der Waals surface area contributed by atoms with Crippen LogP contribution in [0.5, 0.6) is 0 Å². The predicted molar refractivity (Wildman–Crippen MR) is 79.9 cm³/mol. The fourth-order valence-electron chi connectivity index (χ4n) is 6.19. The second kappa shape index (κ2) is 4.78. The number of rotatable bonds is 7. The van der Waals surface area contributed by atoms with Gasteiger partial charge in [-0.1, -0.05) is 26.7 Å². The molecule has 5 heteroatoms. The highest BCUT2D eigenvalue weighted by Gasteiger charge is 2.84. The average Bonchev–Trinajstić information content (AvgIpc) is 3.19. The van der Waals surface area contributed by atoms with E-state index in [1.165, 1.54) is 0 Å². The third kappa shape index (κ3) is 1.60. The van der Waals surface area contributed by atoms with Crippen LogP contribution in [0.1, 0.15) is 52.4 Å². The molecule has 5 nitrogen and oxygen atoms in total. The van der Waals surface area contributed by atoms with Gasteiger partial charge in [0.2, 0.25) is 0 Å². The predicted octanol–water partition coefficient (Wildman–Crippen LogP) is 2.83. The van der Waals surface area contributed by atoms with E-state index < -0.39 is 11.6 Å². The monoisotopic (exact) mass is 322 g/mol. The van der Waals surface area contributed by atoms with E-state index in [4.69, 9.17) is 18.9 Å². The Balaban J connectivity index is 1.59. The molecule has 0 aromatic rings. The van der Waals surface area contributed by atoms with E-state index in [2.05, 4.69) is 13.8 Å². The Morgan fingerprint density at radius 2 is 1.52 bits per heavy atom.